The van der Waals surface area contributed by atoms with E-state index in [9.17, 15) is 18.0 Å². The number of para-hydroxylation sites is 1. The van der Waals surface area contributed by atoms with Gasteiger partial charge in [-0.25, -0.2) is 4.79 Å². The van der Waals surface area contributed by atoms with E-state index in [1.54, 1.807) is 0 Å². The van der Waals surface area contributed by atoms with Crippen LogP contribution in [0.1, 0.15) is 5.56 Å². The van der Waals surface area contributed by atoms with Crippen LogP contribution >= 0.6 is 0 Å². The minimum absolute atomic E-state index is 0.00968. The number of aliphatic carboxylic acids is 1. The molecule has 0 spiro atoms. The van der Waals surface area contributed by atoms with E-state index in [1.807, 2.05) is 0 Å². The summed E-state index contributed by atoms with van der Waals surface area (Å²) < 4.78 is 43.6. The first-order chi connectivity index (χ1) is 8.89. The average Bonchev–Trinajstić information content (AvgIpc) is 2.38. The zero-order chi connectivity index (χ0) is 14.0. The standard InChI is InChI=1S/C12H12F3NO3/c13-12(14,15)8-3-1-2-4-9(8)16-5-6-19-10(7-16)11(17)18/h1-4,10H,5-7H2,(H,17,18). The van der Waals surface area contributed by atoms with Crippen LogP contribution in [-0.2, 0) is 15.7 Å². The molecule has 1 fully saturated rings. The van der Waals surface area contributed by atoms with Gasteiger partial charge in [0.15, 0.2) is 6.10 Å². The number of benzene rings is 1. The van der Waals surface area contributed by atoms with E-state index in [4.69, 9.17) is 9.84 Å². The lowest BCUT2D eigenvalue weighted by Crippen LogP contribution is -2.46. The number of carboxylic acids is 1. The summed E-state index contributed by atoms with van der Waals surface area (Å²) in [5, 5.41) is 8.86. The Morgan fingerprint density at radius 1 is 1.37 bits per heavy atom. The van der Waals surface area contributed by atoms with Crippen LogP contribution < -0.4 is 4.90 Å². The molecule has 0 aromatic heterocycles. The van der Waals surface area contributed by atoms with Crippen molar-refractivity contribution in [1.29, 1.82) is 0 Å². The van der Waals surface area contributed by atoms with Gasteiger partial charge in [-0.3, -0.25) is 0 Å². The maximum Gasteiger partial charge on any atom is 0.418 e. The second kappa shape index (κ2) is 5.08. The van der Waals surface area contributed by atoms with Crippen LogP contribution in [0.15, 0.2) is 24.3 Å². The highest BCUT2D eigenvalue weighted by Gasteiger charge is 2.36. The number of morpholine rings is 1. The van der Waals surface area contributed by atoms with Crippen LogP contribution in [0.5, 0.6) is 0 Å². The molecule has 1 aliphatic heterocycles. The van der Waals surface area contributed by atoms with E-state index in [1.165, 1.54) is 23.1 Å². The Bertz CT molecular complexity index is 476. The molecule has 0 aliphatic carbocycles. The van der Waals surface area contributed by atoms with Gasteiger partial charge >= 0.3 is 12.1 Å². The fraction of sp³-hybridized carbons (Fsp3) is 0.417. The van der Waals surface area contributed by atoms with Crippen molar-refractivity contribution in [1.82, 2.24) is 0 Å². The Morgan fingerprint density at radius 2 is 2.05 bits per heavy atom. The van der Waals surface area contributed by atoms with Crippen LogP contribution in [0, 0.1) is 0 Å². The summed E-state index contributed by atoms with van der Waals surface area (Å²) in [7, 11) is 0. The highest BCUT2D eigenvalue weighted by Crippen LogP contribution is 2.36. The van der Waals surface area contributed by atoms with Crippen LogP contribution in [-0.4, -0.2) is 36.9 Å². The molecule has 1 heterocycles. The molecule has 1 atom stereocenters. The molecule has 104 valence electrons. The molecule has 1 aromatic carbocycles. The number of hydrogen-bond donors (Lipinski definition) is 1. The van der Waals surface area contributed by atoms with Crippen LogP contribution in [0.3, 0.4) is 0 Å². The molecule has 0 amide bonds. The predicted molar refractivity (Wildman–Crippen MR) is 61.0 cm³/mol. The monoisotopic (exact) mass is 275 g/mol. The van der Waals surface area contributed by atoms with E-state index < -0.39 is 23.8 Å². The quantitative estimate of drug-likeness (QED) is 0.896. The number of anilines is 1. The van der Waals surface area contributed by atoms with E-state index in [-0.39, 0.29) is 25.4 Å². The summed E-state index contributed by atoms with van der Waals surface area (Å²) in [6.07, 6.45) is -5.57. The van der Waals surface area contributed by atoms with Gasteiger partial charge in [0.2, 0.25) is 0 Å². The minimum atomic E-state index is -4.46. The van der Waals surface area contributed by atoms with Crippen molar-refractivity contribution >= 4 is 11.7 Å². The normalized spacial score (nSPS) is 20.4. The SMILES string of the molecule is O=C(O)C1CN(c2ccccc2C(F)(F)F)CCO1. The van der Waals surface area contributed by atoms with Crippen LogP contribution in [0.25, 0.3) is 0 Å². The maximum atomic E-state index is 12.9. The Morgan fingerprint density at radius 3 is 2.68 bits per heavy atom. The Balaban J connectivity index is 2.29. The molecule has 1 unspecified atom stereocenters. The first-order valence-electron chi connectivity index (χ1n) is 5.65. The van der Waals surface area contributed by atoms with Gasteiger partial charge in [0.1, 0.15) is 0 Å². The van der Waals surface area contributed by atoms with Crippen molar-refractivity contribution in [3.05, 3.63) is 29.8 Å². The molecule has 1 N–H and O–H groups in total. The van der Waals surface area contributed by atoms with Crippen LogP contribution in [0.4, 0.5) is 18.9 Å². The number of halogens is 3. The summed E-state index contributed by atoms with van der Waals surface area (Å²) in [6.45, 7) is 0.225. The average molecular weight is 275 g/mol. The number of carbonyl (C=O) groups is 1. The first kappa shape index (κ1) is 13.7. The van der Waals surface area contributed by atoms with E-state index in [2.05, 4.69) is 0 Å². The second-order valence-electron chi connectivity index (χ2n) is 4.16. The molecule has 1 saturated heterocycles. The van der Waals surface area contributed by atoms with Gasteiger partial charge in [-0.05, 0) is 12.1 Å². The van der Waals surface area contributed by atoms with Gasteiger partial charge in [-0.1, -0.05) is 12.1 Å². The summed E-state index contributed by atoms with van der Waals surface area (Å²) >= 11 is 0. The van der Waals surface area contributed by atoms with Gasteiger partial charge in [-0.15, -0.1) is 0 Å². The molecule has 7 heteroatoms. The lowest BCUT2D eigenvalue weighted by molar-refractivity contribution is -0.150. The van der Waals surface area contributed by atoms with Gasteiger partial charge in [-0.2, -0.15) is 13.2 Å². The highest BCUT2D eigenvalue weighted by molar-refractivity contribution is 5.74. The Kier molecular flexibility index (Phi) is 3.66. The lowest BCUT2D eigenvalue weighted by Gasteiger charge is -2.34. The molecule has 19 heavy (non-hydrogen) atoms. The van der Waals surface area contributed by atoms with Crippen molar-refractivity contribution in [3.8, 4) is 0 Å². The number of carboxylic acid groups (broad SMARTS) is 1. The van der Waals surface area contributed by atoms with Crippen molar-refractivity contribution in [2.24, 2.45) is 0 Å². The third kappa shape index (κ3) is 2.98. The summed E-state index contributed by atoms with van der Waals surface area (Å²) in [4.78, 5) is 12.2. The minimum Gasteiger partial charge on any atom is -0.479 e. The fourth-order valence-corrected chi connectivity index (χ4v) is 2.01. The van der Waals surface area contributed by atoms with E-state index >= 15 is 0 Å². The topological polar surface area (TPSA) is 49.8 Å². The summed E-state index contributed by atoms with van der Waals surface area (Å²) in [6, 6.07) is 5.13. The van der Waals surface area contributed by atoms with Crippen molar-refractivity contribution in [3.63, 3.8) is 0 Å². The molecule has 0 bridgehead atoms. The Labute approximate surface area is 107 Å². The smallest absolute Gasteiger partial charge is 0.418 e. The number of rotatable bonds is 2. The maximum absolute atomic E-state index is 12.9. The van der Waals surface area contributed by atoms with Crippen molar-refractivity contribution in [2.45, 2.75) is 12.3 Å². The second-order valence-corrected chi connectivity index (χ2v) is 4.16. The Hall–Kier alpha value is -1.76. The summed E-state index contributed by atoms with van der Waals surface area (Å²) in [5.74, 6) is -1.17. The predicted octanol–water partition coefficient (Wildman–Crippen LogP) is 2.00. The number of nitrogens with zero attached hydrogens (tertiary/aromatic N) is 1. The third-order valence-corrected chi connectivity index (χ3v) is 2.89. The largest absolute Gasteiger partial charge is 0.479 e. The first-order valence-corrected chi connectivity index (χ1v) is 5.65. The molecule has 0 saturated carbocycles. The van der Waals surface area contributed by atoms with Gasteiger partial charge in [0.05, 0.1) is 18.7 Å². The fourth-order valence-electron chi connectivity index (χ4n) is 2.01. The van der Waals surface area contributed by atoms with Gasteiger partial charge in [0.25, 0.3) is 0 Å². The molecule has 1 aliphatic rings. The molecule has 4 nitrogen and oxygen atoms in total. The number of alkyl halides is 3. The van der Waals surface area contributed by atoms with Gasteiger partial charge in [0, 0.05) is 12.2 Å². The zero-order valence-corrected chi connectivity index (χ0v) is 9.85. The van der Waals surface area contributed by atoms with Crippen molar-refractivity contribution < 1.29 is 27.8 Å². The molecule has 0 radical (unpaired) electrons. The molecular formula is C12H12F3NO3. The highest BCUT2D eigenvalue weighted by atomic mass is 19.4. The lowest BCUT2D eigenvalue weighted by atomic mass is 10.1. The van der Waals surface area contributed by atoms with E-state index in [0.29, 0.717) is 0 Å². The third-order valence-electron chi connectivity index (χ3n) is 2.89. The summed E-state index contributed by atoms with van der Waals surface area (Å²) in [5.41, 5.74) is -0.773. The molecular weight excluding hydrogens is 263 g/mol. The number of ether oxygens (including phenoxy) is 1. The zero-order valence-electron chi connectivity index (χ0n) is 9.85. The number of hydrogen-bond acceptors (Lipinski definition) is 3. The van der Waals surface area contributed by atoms with Crippen molar-refractivity contribution in [2.75, 3.05) is 24.6 Å². The molecule has 2 rings (SSSR count). The van der Waals surface area contributed by atoms with E-state index in [0.717, 1.165) is 6.07 Å². The van der Waals surface area contributed by atoms with Crippen LogP contribution in [0.2, 0.25) is 0 Å². The molecule has 1 aromatic rings. The van der Waals surface area contributed by atoms with Gasteiger partial charge < -0.3 is 14.7 Å².